The number of H-pyrrole nitrogens is 1. The highest BCUT2D eigenvalue weighted by Crippen LogP contribution is 2.25. The van der Waals surface area contributed by atoms with Crippen molar-refractivity contribution in [1.82, 2.24) is 15.4 Å². The molecule has 0 radical (unpaired) electrons. The van der Waals surface area contributed by atoms with Gasteiger partial charge in [0.25, 0.3) is 0 Å². The lowest BCUT2D eigenvalue weighted by atomic mass is 10.3. The summed E-state index contributed by atoms with van der Waals surface area (Å²) in [4.78, 5) is 0.0161. The standard InChI is InChI=1S/C12H8ClN3O3S/c13-8-4-6-9(7-5-8)20(17,18)19-11-3-1-2-10-12(11)15-16-14-10/h1-7H,(H,14,15,16). The van der Waals surface area contributed by atoms with Crippen LogP contribution in [0.2, 0.25) is 5.02 Å². The Hall–Kier alpha value is -2.12. The van der Waals surface area contributed by atoms with Gasteiger partial charge in [0, 0.05) is 5.02 Å². The smallest absolute Gasteiger partial charge is 0.339 e. The van der Waals surface area contributed by atoms with E-state index < -0.39 is 10.1 Å². The van der Waals surface area contributed by atoms with Crippen molar-refractivity contribution in [1.29, 1.82) is 0 Å². The molecule has 3 rings (SSSR count). The molecule has 0 saturated carbocycles. The summed E-state index contributed by atoms with van der Waals surface area (Å²) in [6, 6.07) is 10.6. The van der Waals surface area contributed by atoms with Crippen LogP contribution in [-0.2, 0) is 10.1 Å². The molecule has 0 aliphatic heterocycles. The molecule has 102 valence electrons. The Bertz CT molecular complexity index is 859. The van der Waals surface area contributed by atoms with Crippen LogP contribution in [0.4, 0.5) is 0 Å². The second-order valence-electron chi connectivity index (χ2n) is 3.94. The first-order valence-electron chi connectivity index (χ1n) is 5.56. The Morgan fingerprint density at radius 3 is 2.55 bits per heavy atom. The number of nitrogens with one attached hydrogen (secondary N) is 1. The maximum Gasteiger partial charge on any atom is 0.339 e. The maximum absolute atomic E-state index is 12.2. The third-order valence-electron chi connectivity index (χ3n) is 2.61. The fourth-order valence-electron chi connectivity index (χ4n) is 1.68. The molecule has 0 amide bonds. The molecule has 6 nitrogen and oxygen atoms in total. The normalized spacial score (nSPS) is 11.7. The van der Waals surface area contributed by atoms with E-state index in [1.807, 2.05) is 0 Å². The zero-order chi connectivity index (χ0) is 14.2. The number of hydrogen-bond acceptors (Lipinski definition) is 5. The lowest BCUT2D eigenvalue weighted by molar-refractivity contribution is 0.488. The number of aromatic nitrogens is 3. The van der Waals surface area contributed by atoms with E-state index >= 15 is 0 Å². The highest BCUT2D eigenvalue weighted by Gasteiger charge is 2.18. The molecule has 0 atom stereocenters. The van der Waals surface area contributed by atoms with Crippen LogP contribution in [0.5, 0.6) is 5.75 Å². The first-order chi connectivity index (χ1) is 9.56. The van der Waals surface area contributed by atoms with Crippen molar-refractivity contribution in [2.45, 2.75) is 4.90 Å². The zero-order valence-electron chi connectivity index (χ0n) is 9.95. The quantitative estimate of drug-likeness (QED) is 0.751. The monoisotopic (exact) mass is 309 g/mol. The van der Waals surface area contributed by atoms with Crippen LogP contribution in [0, 0.1) is 0 Å². The van der Waals surface area contributed by atoms with Gasteiger partial charge < -0.3 is 4.18 Å². The maximum atomic E-state index is 12.2. The van der Waals surface area contributed by atoms with E-state index in [1.54, 1.807) is 12.1 Å². The highest BCUT2D eigenvalue weighted by molar-refractivity contribution is 7.87. The summed E-state index contributed by atoms with van der Waals surface area (Å²) < 4.78 is 29.4. The fraction of sp³-hybridized carbons (Fsp3) is 0. The van der Waals surface area contributed by atoms with Gasteiger partial charge >= 0.3 is 10.1 Å². The van der Waals surface area contributed by atoms with Crippen LogP contribution in [0.25, 0.3) is 11.0 Å². The molecule has 0 saturated heterocycles. The predicted molar refractivity (Wildman–Crippen MR) is 73.2 cm³/mol. The SMILES string of the molecule is O=S(=O)(Oc1cccc2n[nH]nc12)c1ccc(Cl)cc1. The number of benzene rings is 2. The van der Waals surface area contributed by atoms with Crippen LogP contribution >= 0.6 is 11.6 Å². The van der Waals surface area contributed by atoms with Gasteiger partial charge in [-0.05, 0) is 36.4 Å². The number of halogens is 1. The van der Waals surface area contributed by atoms with E-state index in [0.29, 0.717) is 16.1 Å². The van der Waals surface area contributed by atoms with Gasteiger partial charge in [0.2, 0.25) is 0 Å². The number of nitrogens with zero attached hydrogens (tertiary/aromatic N) is 2. The van der Waals surface area contributed by atoms with Crippen molar-refractivity contribution in [3.8, 4) is 5.75 Å². The van der Waals surface area contributed by atoms with Gasteiger partial charge in [-0.3, -0.25) is 0 Å². The average Bonchev–Trinajstić information content (AvgIpc) is 2.88. The van der Waals surface area contributed by atoms with Crippen molar-refractivity contribution >= 4 is 32.8 Å². The number of fused-ring (bicyclic) bond motifs is 1. The Morgan fingerprint density at radius 2 is 1.80 bits per heavy atom. The summed E-state index contributed by atoms with van der Waals surface area (Å²) in [5.41, 5.74) is 0.874. The van der Waals surface area contributed by atoms with Crippen LogP contribution in [0.15, 0.2) is 47.4 Å². The minimum Gasteiger partial charge on any atom is -0.376 e. The van der Waals surface area contributed by atoms with Crippen molar-refractivity contribution in [3.05, 3.63) is 47.5 Å². The van der Waals surface area contributed by atoms with E-state index in [9.17, 15) is 8.42 Å². The lowest BCUT2D eigenvalue weighted by Gasteiger charge is -2.07. The first-order valence-corrected chi connectivity index (χ1v) is 7.34. The summed E-state index contributed by atoms with van der Waals surface area (Å²) in [6.45, 7) is 0. The van der Waals surface area contributed by atoms with E-state index in [1.165, 1.54) is 30.3 Å². The van der Waals surface area contributed by atoms with Gasteiger partial charge in [0.05, 0.1) is 0 Å². The zero-order valence-corrected chi connectivity index (χ0v) is 11.5. The third kappa shape index (κ3) is 2.33. The molecular weight excluding hydrogens is 302 g/mol. The molecule has 1 heterocycles. The van der Waals surface area contributed by atoms with Crippen molar-refractivity contribution in [3.63, 3.8) is 0 Å². The largest absolute Gasteiger partial charge is 0.376 e. The Balaban J connectivity index is 2.01. The number of aromatic amines is 1. The number of hydrogen-bond donors (Lipinski definition) is 1. The molecule has 0 bridgehead atoms. The molecule has 20 heavy (non-hydrogen) atoms. The molecule has 0 spiro atoms. The molecule has 1 N–H and O–H groups in total. The molecule has 8 heteroatoms. The molecule has 0 aliphatic rings. The first kappa shape index (κ1) is 12.9. The Kier molecular flexibility index (Phi) is 3.07. The van der Waals surface area contributed by atoms with E-state index in [4.69, 9.17) is 15.8 Å². The molecule has 2 aromatic carbocycles. The van der Waals surface area contributed by atoms with Gasteiger partial charge in [0.15, 0.2) is 11.3 Å². The Morgan fingerprint density at radius 1 is 1.05 bits per heavy atom. The summed E-state index contributed by atoms with van der Waals surface area (Å²) in [6.07, 6.45) is 0. The summed E-state index contributed by atoms with van der Waals surface area (Å²) in [5.74, 6) is 0.117. The van der Waals surface area contributed by atoms with Crippen molar-refractivity contribution < 1.29 is 12.6 Å². The molecular formula is C12H8ClN3O3S. The van der Waals surface area contributed by atoms with Gasteiger partial charge in [-0.15, -0.1) is 0 Å². The minimum absolute atomic E-state index is 0.0161. The van der Waals surface area contributed by atoms with Crippen molar-refractivity contribution in [2.24, 2.45) is 0 Å². The van der Waals surface area contributed by atoms with Gasteiger partial charge in [-0.2, -0.15) is 23.8 Å². The summed E-state index contributed by atoms with van der Waals surface area (Å²) in [5, 5.41) is 10.6. The van der Waals surface area contributed by atoms with Crippen molar-refractivity contribution in [2.75, 3.05) is 0 Å². The van der Waals surface area contributed by atoms with Gasteiger partial charge in [0.1, 0.15) is 10.4 Å². The second kappa shape index (κ2) is 4.77. The molecule has 0 fully saturated rings. The highest BCUT2D eigenvalue weighted by atomic mass is 35.5. The van der Waals surface area contributed by atoms with E-state index in [0.717, 1.165) is 0 Å². The number of rotatable bonds is 3. The van der Waals surface area contributed by atoms with Crippen LogP contribution in [0.3, 0.4) is 0 Å². The van der Waals surface area contributed by atoms with E-state index in [-0.39, 0.29) is 10.6 Å². The minimum atomic E-state index is -3.94. The van der Waals surface area contributed by atoms with E-state index in [2.05, 4.69) is 15.4 Å². The topological polar surface area (TPSA) is 84.9 Å². The lowest BCUT2D eigenvalue weighted by Crippen LogP contribution is -2.09. The molecule has 3 aromatic rings. The van der Waals surface area contributed by atoms with Crippen LogP contribution < -0.4 is 4.18 Å². The Labute approximate surface area is 119 Å². The predicted octanol–water partition coefficient (Wildman–Crippen LogP) is 2.38. The summed E-state index contributed by atoms with van der Waals surface area (Å²) >= 11 is 5.73. The fourth-order valence-corrected chi connectivity index (χ4v) is 2.74. The van der Waals surface area contributed by atoms with Gasteiger partial charge in [-0.1, -0.05) is 17.7 Å². The molecule has 0 unspecified atom stereocenters. The van der Waals surface area contributed by atoms with Crippen LogP contribution in [-0.4, -0.2) is 23.8 Å². The molecule has 0 aliphatic carbocycles. The van der Waals surface area contributed by atoms with Crippen LogP contribution in [0.1, 0.15) is 0 Å². The molecule has 1 aromatic heterocycles. The van der Waals surface area contributed by atoms with Gasteiger partial charge in [-0.25, -0.2) is 0 Å². The number of para-hydroxylation sites is 1. The summed E-state index contributed by atoms with van der Waals surface area (Å²) in [7, 11) is -3.94. The average molecular weight is 310 g/mol. The second-order valence-corrected chi connectivity index (χ2v) is 5.92. The third-order valence-corrected chi connectivity index (χ3v) is 4.11.